The molecule has 0 bridgehead atoms. The van der Waals surface area contributed by atoms with E-state index in [1.54, 1.807) is 25.1 Å². The second kappa shape index (κ2) is 16.5. The van der Waals surface area contributed by atoms with E-state index in [4.69, 9.17) is 14.6 Å². The highest BCUT2D eigenvalue weighted by Crippen LogP contribution is 2.42. The zero-order valence-corrected chi connectivity index (χ0v) is 29.7. The summed E-state index contributed by atoms with van der Waals surface area (Å²) < 4.78 is 59.7. The molecule has 2 aromatic carbocycles. The van der Waals surface area contributed by atoms with E-state index >= 15 is 4.39 Å². The van der Waals surface area contributed by atoms with Crippen molar-refractivity contribution in [3.05, 3.63) is 52.5 Å². The number of rotatable bonds is 18. The van der Waals surface area contributed by atoms with Gasteiger partial charge in [0, 0.05) is 46.8 Å². The first-order valence-corrected chi connectivity index (χ1v) is 18.0. The van der Waals surface area contributed by atoms with Crippen LogP contribution >= 0.6 is 27.5 Å². The van der Waals surface area contributed by atoms with Crippen molar-refractivity contribution in [1.29, 1.82) is 0 Å². The van der Waals surface area contributed by atoms with Crippen molar-refractivity contribution < 1.29 is 42.1 Å². The highest BCUT2D eigenvalue weighted by Gasteiger charge is 2.35. The largest absolute Gasteiger partial charge is 0.497 e. The number of nitrogens with one attached hydrogen (secondary N) is 3. The van der Waals surface area contributed by atoms with Gasteiger partial charge in [-0.05, 0) is 90.6 Å². The van der Waals surface area contributed by atoms with Gasteiger partial charge in [-0.3, -0.25) is 0 Å². The number of ether oxygens (including phenoxy) is 2. The van der Waals surface area contributed by atoms with Gasteiger partial charge in [0.1, 0.15) is 28.5 Å². The third-order valence-electron chi connectivity index (χ3n) is 8.26. The molecular weight excluding hydrogens is 735 g/mol. The van der Waals surface area contributed by atoms with Crippen molar-refractivity contribution in [1.82, 2.24) is 20.0 Å². The zero-order chi connectivity index (χ0) is 35.0. The van der Waals surface area contributed by atoms with Crippen molar-refractivity contribution in [3.8, 4) is 11.5 Å². The van der Waals surface area contributed by atoms with Gasteiger partial charge in [0.15, 0.2) is 0 Å². The van der Waals surface area contributed by atoms with Crippen LogP contribution in [0.4, 0.5) is 24.8 Å². The van der Waals surface area contributed by atoms with Crippen LogP contribution in [-0.2, 0) is 16.6 Å². The minimum absolute atomic E-state index is 0.0251. The zero-order valence-electron chi connectivity index (χ0n) is 26.5. The molecule has 1 aromatic heterocycles. The molecular formula is C30H38BrFN6O8S2. The molecule has 1 aliphatic carbocycles. The Morgan fingerprint density at radius 1 is 1.17 bits per heavy atom. The van der Waals surface area contributed by atoms with Crippen molar-refractivity contribution >= 4 is 60.5 Å². The Bertz CT molecular complexity index is 1680. The number of benzene rings is 2. The molecule has 14 nitrogen and oxygen atoms in total. The SMILES string of the molecule is COc1ccc(CN(c2ncns2)S(=O)(=O)c2cc(Br)c(NCC(CC(CCNC(=O)O)C3CC3)C(C)NC(=O)O)cc2F)c(OC)c1. The van der Waals surface area contributed by atoms with Crippen LogP contribution in [0.2, 0.25) is 0 Å². The lowest BCUT2D eigenvalue weighted by atomic mass is 9.84. The summed E-state index contributed by atoms with van der Waals surface area (Å²) in [5.41, 5.74) is 0.752. The van der Waals surface area contributed by atoms with Gasteiger partial charge < -0.3 is 35.6 Å². The maximum absolute atomic E-state index is 15.8. The predicted octanol–water partition coefficient (Wildman–Crippen LogP) is 5.61. The molecule has 5 N–H and O–H groups in total. The summed E-state index contributed by atoms with van der Waals surface area (Å²) >= 11 is 4.23. The topological polar surface area (TPSA) is 192 Å². The minimum Gasteiger partial charge on any atom is -0.497 e. The van der Waals surface area contributed by atoms with Gasteiger partial charge >= 0.3 is 12.2 Å². The highest BCUT2D eigenvalue weighted by atomic mass is 79.9. The maximum Gasteiger partial charge on any atom is 0.404 e. The Morgan fingerprint density at radius 2 is 1.92 bits per heavy atom. The Kier molecular flexibility index (Phi) is 12.7. The molecule has 2 amide bonds. The monoisotopic (exact) mass is 772 g/mol. The molecule has 3 aromatic rings. The van der Waals surface area contributed by atoms with Crippen molar-refractivity contribution in [2.45, 2.75) is 50.1 Å². The predicted molar refractivity (Wildman–Crippen MR) is 181 cm³/mol. The van der Waals surface area contributed by atoms with Crippen molar-refractivity contribution in [2.24, 2.45) is 17.8 Å². The Balaban J connectivity index is 1.58. The van der Waals surface area contributed by atoms with Crippen LogP contribution in [0.25, 0.3) is 0 Å². The Labute approximate surface area is 290 Å². The third-order valence-corrected chi connectivity index (χ3v) is 11.5. The van der Waals surface area contributed by atoms with Gasteiger partial charge in [0.05, 0.1) is 26.5 Å². The van der Waals surface area contributed by atoms with E-state index in [1.807, 2.05) is 0 Å². The van der Waals surface area contributed by atoms with Crippen LogP contribution in [0, 0.1) is 23.6 Å². The number of carbonyl (C=O) groups is 2. The summed E-state index contributed by atoms with van der Waals surface area (Å²) in [5.74, 6) is 0.187. The van der Waals surface area contributed by atoms with Crippen LogP contribution in [0.1, 0.15) is 38.2 Å². The molecule has 48 heavy (non-hydrogen) atoms. The number of amides is 2. The van der Waals surface area contributed by atoms with Gasteiger partial charge in [-0.1, -0.05) is 0 Å². The fraction of sp³-hybridized carbons (Fsp3) is 0.467. The standard InChI is InChI=1S/C30H38BrFN6O8S2/c1-17(37-30(41)42)21(10-19(18-4-5-18)8-9-33-29(39)40)14-34-25-13-24(32)27(12-23(25)31)48(43,44)38(28-35-16-36-47-28)15-20-6-7-22(45-2)11-26(20)46-3/h6-7,11-13,16-19,21,33-34,37H,4-5,8-10,14-15H2,1-3H3,(H,39,40)(H,41,42). The second-order valence-electron chi connectivity index (χ2n) is 11.4. The van der Waals surface area contributed by atoms with E-state index in [0.29, 0.717) is 35.8 Å². The molecule has 1 heterocycles. The van der Waals surface area contributed by atoms with Gasteiger partial charge in [-0.15, -0.1) is 0 Å². The van der Waals surface area contributed by atoms with E-state index in [2.05, 4.69) is 41.2 Å². The van der Waals surface area contributed by atoms with Gasteiger partial charge in [0.25, 0.3) is 10.0 Å². The van der Waals surface area contributed by atoms with Crippen molar-refractivity contribution in [3.63, 3.8) is 0 Å². The van der Waals surface area contributed by atoms with Crippen LogP contribution < -0.4 is 29.7 Å². The van der Waals surface area contributed by atoms with Gasteiger partial charge in [-0.25, -0.2) is 31.7 Å². The number of halogens is 2. The molecule has 0 saturated heterocycles. The average molecular weight is 774 g/mol. The summed E-state index contributed by atoms with van der Waals surface area (Å²) in [6.45, 7) is 2.02. The van der Waals surface area contributed by atoms with Crippen molar-refractivity contribution in [2.75, 3.05) is 36.9 Å². The first kappa shape index (κ1) is 36.9. The van der Waals surface area contributed by atoms with Crippen LogP contribution in [-0.4, -0.2) is 73.5 Å². The summed E-state index contributed by atoms with van der Waals surface area (Å²) in [6, 6.07) is 6.67. The Morgan fingerprint density at radius 3 is 2.52 bits per heavy atom. The fourth-order valence-electron chi connectivity index (χ4n) is 5.54. The molecule has 262 valence electrons. The number of carboxylic acid groups (broad SMARTS) is 2. The quantitative estimate of drug-likeness (QED) is 0.108. The summed E-state index contributed by atoms with van der Waals surface area (Å²) in [6.07, 6.45) is 2.16. The molecule has 18 heteroatoms. The lowest BCUT2D eigenvalue weighted by molar-refractivity contribution is 0.181. The molecule has 0 spiro atoms. The summed E-state index contributed by atoms with van der Waals surface area (Å²) in [7, 11) is -1.59. The fourth-order valence-corrected chi connectivity index (χ4v) is 8.37. The van der Waals surface area contributed by atoms with E-state index in [0.717, 1.165) is 34.7 Å². The number of hydrogen-bond donors (Lipinski definition) is 5. The molecule has 3 atom stereocenters. The third kappa shape index (κ3) is 9.59. The smallest absolute Gasteiger partial charge is 0.404 e. The lowest BCUT2D eigenvalue weighted by Gasteiger charge is -2.29. The first-order chi connectivity index (χ1) is 22.8. The number of nitrogens with zero attached hydrogens (tertiary/aromatic N) is 3. The Hall–Kier alpha value is -3.90. The number of methoxy groups -OCH3 is 2. The maximum atomic E-state index is 15.8. The number of sulfonamides is 1. The minimum atomic E-state index is -4.53. The number of anilines is 2. The molecule has 1 saturated carbocycles. The van der Waals surface area contributed by atoms with Crippen LogP contribution in [0.15, 0.2) is 46.0 Å². The van der Waals surface area contributed by atoms with Gasteiger partial charge in [0.2, 0.25) is 5.13 Å². The van der Waals surface area contributed by atoms with Crippen LogP contribution in [0.3, 0.4) is 0 Å². The summed E-state index contributed by atoms with van der Waals surface area (Å²) in [5, 5.41) is 26.4. The molecule has 1 aliphatic rings. The van der Waals surface area contributed by atoms with E-state index < -0.39 is 39.0 Å². The van der Waals surface area contributed by atoms with E-state index in [-0.39, 0.29) is 46.8 Å². The molecule has 1 fully saturated rings. The van der Waals surface area contributed by atoms with Crippen LogP contribution in [0.5, 0.6) is 11.5 Å². The van der Waals surface area contributed by atoms with E-state index in [1.165, 1.54) is 26.6 Å². The molecule has 0 radical (unpaired) electrons. The number of hydrogen-bond acceptors (Lipinski definition) is 10. The summed E-state index contributed by atoms with van der Waals surface area (Å²) in [4.78, 5) is 25.9. The highest BCUT2D eigenvalue weighted by molar-refractivity contribution is 9.10. The molecule has 4 rings (SSSR count). The number of aromatic nitrogens is 2. The average Bonchev–Trinajstić information content (AvgIpc) is 3.75. The van der Waals surface area contributed by atoms with Gasteiger partial charge in [-0.2, -0.15) is 4.37 Å². The normalized spacial score (nSPS) is 14.8. The first-order valence-electron chi connectivity index (χ1n) is 15.0. The second-order valence-corrected chi connectivity index (χ2v) is 14.9. The lowest BCUT2D eigenvalue weighted by Crippen LogP contribution is -2.41. The molecule has 0 aliphatic heterocycles. The molecule has 3 unspecified atom stereocenters. The van der Waals surface area contributed by atoms with E-state index in [9.17, 15) is 23.1 Å².